The summed E-state index contributed by atoms with van der Waals surface area (Å²) in [7, 11) is 0. The molecule has 1 atom stereocenters. The number of aromatic nitrogens is 1. The zero-order chi connectivity index (χ0) is 19.5. The Hall–Kier alpha value is -2.39. The number of benzene rings is 2. The van der Waals surface area contributed by atoms with Gasteiger partial charge in [-0.2, -0.15) is 0 Å². The van der Waals surface area contributed by atoms with Gasteiger partial charge >= 0.3 is 0 Å². The molecule has 28 heavy (non-hydrogen) atoms. The van der Waals surface area contributed by atoms with Gasteiger partial charge in [0.15, 0.2) is 0 Å². The second-order valence-corrected chi connectivity index (χ2v) is 8.05. The zero-order valence-electron chi connectivity index (χ0n) is 16.8. The van der Waals surface area contributed by atoms with Crippen LogP contribution in [0.4, 0.5) is 4.39 Å². The van der Waals surface area contributed by atoms with Crippen molar-refractivity contribution in [3.8, 4) is 22.4 Å². The van der Waals surface area contributed by atoms with E-state index in [0.29, 0.717) is 12.1 Å². The number of nitrogens with one attached hydrogen (secondary N) is 1. The van der Waals surface area contributed by atoms with E-state index in [-0.39, 0.29) is 5.82 Å². The maximum Gasteiger partial charge on any atom is 0.123 e. The Morgan fingerprint density at radius 1 is 0.929 bits per heavy atom. The van der Waals surface area contributed by atoms with Crippen molar-refractivity contribution in [1.82, 2.24) is 9.88 Å². The first-order chi connectivity index (χ1) is 13.6. The zero-order valence-corrected chi connectivity index (χ0v) is 16.8. The van der Waals surface area contributed by atoms with Crippen molar-refractivity contribution < 1.29 is 4.39 Å². The molecule has 1 aromatic heterocycles. The second-order valence-electron chi connectivity index (χ2n) is 8.05. The Morgan fingerprint density at radius 3 is 2.39 bits per heavy atom. The van der Waals surface area contributed by atoms with Crippen molar-refractivity contribution in [2.75, 3.05) is 6.54 Å². The summed E-state index contributed by atoms with van der Waals surface area (Å²) in [5, 5.41) is 3.78. The molecule has 1 N–H and O–H groups in total. The molecule has 1 aliphatic rings. The first-order valence-corrected chi connectivity index (χ1v) is 10.4. The fraction of sp³-hybridized carbons (Fsp3) is 0.360. The first kappa shape index (κ1) is 18.9. The summed E-state index contributed by atoms with van der Waals surface area (Å²) in [6, 6.07) is 19.8. The van der Waals surface area contributed by atoms with E-state index in [1.165, 1.54) is 41.8 Å². The number of hydrogen-bond donors (Lipinski definition) is 1. The van der Waals surface area contributed by atoms with Crippen LogP contribution < -0.4 is 5.32 Å². The van der Waals surface area contributed by atoms with Crippen LogP contribution in [0.1, 0.15) is 57.3 Å². The summed E-state index contributed by atoms with van der Waals surface area (Å²) in [4.78, 5) is 0. The molecule has 146 valence electrons. The second kappa shape index (κ2) is 8.32. The molecule has 2 heterocycles. The van der Waals surface area contributed by atoms with Gasteiger partial charge in [0, 0.05) is 11.3 Å². The molecule has 0 bridgehead atoms. The SMILES string of the molecule is CC(C)c1cc(-c2ccc(F)cc2)c(-c2ccccc2)n1C1CCCCCN1. The van der Waals surface area contributed by atoms with Crippen LogP contribution in [0.25, 0.3) is 22.4 Å². The van der Waals surface area contributed by atoms with Gasteiger partial charge in [-0.3, -0.25) is 5.32 Å². The lowest BCUT2D eigenvalue weighted by molar-refractivity contribution is 0.389. The molecule has 0 radical (unpaired) electrons. The third-order valence-corrected chi connectivity index (χ3v) is 5.71. The molecule has 0 aliphatic carbocycles. The number of halogens is 1. The highest BCUT2D eigenvalue weighted by atomic mass is 19.1. The van der Waals surface area contributed by atoms with Gasteiger partial charge in [-0.1, -0.05) is 62.7 Å². The monoisotopic (exact) mass is 376 g/mol. The predicted octanol–water partition coefficient (Wildman–Crippen LogP) is 6.75. The van der Waals surface area contributed by atoms with E-state index in [2.05, 4.69) is 60.1 Å². The molecule has 0 spiro atoms. The highest BCUT2D eigenvalue weighted by Crippen LogP contribution is 2.40. The van der Waals surface area contributed by atoms with Gasteiger partial charge < -0.3 is 4.57 Å². The van der Waals surface area contributed by atoms with Gasteiger partial charge in [0.2, 0.25) is 0 Å². The lowest BCUT2D eigenvalue weighted by Crippen LogP contribution is -2.28. The van der Waals surface area contributed by atoms with Crippen LogP contribution in [0.3, 0.4) is 0 Å². The Balaban J connectivity index is 1.95. The van der Waals surface area contributed by atoms with Crippen LogP contribution in [0.2, 0.25) is 0 Å². The highest BCUT2D eigenvalue weighted by molar-refractivity contribution is 5.83. The summed E-state index contributed by atoms with van der Waals surface area (Å²) in [5.74, 6) is 0.209. The van der Waals surface area contributed by atoms with Gasteiger partial charge in [0.25, 0.3) is 0 Å². The third kappa shape index (κ3) is 3.77. The molecule has 0 amide bonds. The van der Waals surface area contributed by atoms with Crippen molar-refractivity contribution >= 4 is 0 Å². The quantitative estimate of drug-likeness (QED) is 0.533. The lowest BCUT2D eigenvalue weighted by Gasteiger charge is -2.26. The van der Waals surface area contributed by atoms with Crippen LogP contribution in [0, 0.1) is 5.82 Å². The van der Waals surface area contributed by atoms with Gasteiger partial charge in [-0.25, -0.2) is 4.39 Å². The van der Waals surface area contributed by atoms with Crippen molar-refractivity contribution in [3.63, 3.8) is 0 Å². The summed E-state index contributed by atoms with van der Waals surface area (Å²) in [6.07, 6.45) is 5.20. The number of hydrogen-bond acceptors (Lipinski definition) is 1. The van der Waals surface area contributed by atoms with Crippen LogP contribution in [0.5, 0.6) is 0 Å². The van der Waals surface area contributed by atoms with Gasteiger partial charge in [-0.15, -0.1) is 0 Å². The molecular weight excluding hydrogens is 347 g/mol. The Kier molecular flexibility index (Phi) is 5.63. The maximum absolute atomic E-state index is 13.6. The van der Waals surface area contributed by atoms with Gasteiger partial charge in [-0.05, 0) is 61.1 Å². The van der Waals surface area contributed by atoms with E-state index >= 15 is 0 Å². The number of nitrogens with zero attached hydrogens (tertiary/aromatic N) is 1. The molecule has 3 aromatic rings. The molecule has 2 nitrogen and oxygen atoms in total. The van der Waals surface area contributed by atoms with Crippen molar-refractivity contribution in [3.05, 3.63) is 72.2 Å². The minimum absolute atomic E-state index is 0.195. The minimum Gasteiger partial charge on any atom is -0.328 e. The van der Waals surface area contributed by atoms with E-state index in [4.69, 9.17) is 0 Å². The number of rotatable bonds is 4. The van der Waals surface area contributed by atoms with E-state index in [1.54, 1.807) is 12.1 Å². The molecule has 1 saturated heterocycles. The smallest absolute Gasteiger partial charge is 0.123 e. The molecule has 1 unspecified atom stereocenters. The molecule has 1 fully saturated rings. The van der Waals surface area contributed by atoms with Gasteiger partial charge in [0.05, 0.1) is 11.9 Å². The molecular formula is C25H29FN2. The van der Waals surface area contributed by atoms with E-state index in [0.717, 1.165) is 18.5 Å². The van der Waals surface area contributed by atoms with Crippen molar-refractivity contribution in [2.24, 2.45) is 0 Å². The topological polar surface area (TPSA) is 17.0 Å². The average Bonchev–Trinajstić information content (AvgIpc) is 2.91. The predicted molar refractivity (Wildman–Crippen MR) is 115 cm³/mol. The van der Waals surface area contributed by atoms with Gasteiger partial charge in [0.1, 0.15) is 5.82 Å². The average molecular weight is 377 g/mol. The van der Waals surface area contributed by atoms with Crippen LogP contribution in [0.15, 0.2) is 60.7 Å². The fourth-order valence-corrected chi connectivity index (χ4v) is 4.30. The third-order valence-electron chi connectivity index (χ3n) is 5.71. The maximum atomic E-state index is 13.6. The summed E-state index contributed by atoms with van der Waals surface area (Å²) >= 11 is 0. The summed E-state index contributed by atoms with van der Waals surface area (Å²) in [5.41, 5.74) is 6.02. The molecule has 4 rings (SSSR count). The van der Waals surface area contributed by atoms with E-state index < -0.39 is 0 Å². The van der Waals surface area contributed by atoms with E-state index in [9.17, 15) is 4.39 Å². The van der Waals surface area contributed by atoms with Crippen molar-refractivity contribution in [2.45, 2.75) is 51.6 Å². The largest absolute Gasteiger partial charge is 0.328 e. The Bertz CT molecular complexity index is 902. The van der Waals surface area contributed by atoms with E-state index in [1.807, 2.05) is 12.1 Å². The normalized spacial score (nSPS) is 17.6. The van der Waals surface area contributed by atoms with Crippen LogP contribution in [-0.2, 0) is 0 Å². The molecule has 2 aromatic carbocycles. The molecule has 0 saturated carbocycles. The highest BCUT2D eigenvalue weighted by Gasteiger charge is 2.25. The summed E-state index contributed by atoms with van der Waals surface area (Å²) < 4.78 is 16.1. The lowest BCUT2D eigenvalue weighted by atomic mass is 10.0. The molecule has 1 aliphatic heterocycles. The first-order valence-electron chi connectivity index (χ1n) is 10.4. The Labute approximate surface area is 167 Å². The fourth-order valence-electron chi connectivity index (χ4n) is 4.30. The molecule has 3 heteroatoms. The van der Waals surface area contributed by atoms with Crippen LogP contribution >= 0.6 is 0 Å². The minimum atomic E-state index is -0.195. The standard InChI is InChI=1S/C25H29FN2/c1-18(2)23-17-22(19-12-14-21(26)15-13-19)25(20-9-5-3-6-10-20)28(23)24-11-7-4-8-16-27-24/h3,5-6,9-10,12-15,17-18,24,27H,4,7-8,11,16H2,1-2H3. The Morgan fingerprint density at radius 2 is 1.68 bits per heavy atom. The van der Waals surface area contributed by atoms with Crippen molar-refractivity contribution in [1.29, 1.82) is 0 Å². The van der Waals surface area contributed by atoms with Crippen LogP contribution in [-0.4, -0.2) is 11.1 Å². The summed E-state index contributed by atoms with van der Waals surface area (Å²) in [6.45, 7) is 5.57.